The normalized spacial score (nSPS) is 25.4. The molecule has 1 aliphatic heterocycles. The molecule has 5 nitrogen and oxygen atoms in total. The molecule has 0 aromatic heterocycles. The maximum Gasteiger partial charge on any atom is 0.306 e. The number of ether oxygens (including phenoxy) is 1. The van der Waals surface area contributed by atoms with Gasteiger partial charge >= 0.3 is 5.97 Å². The summed E-state index contributed by atoms with van der Waals surface area (Å²) in [5, 5.41) is 9.05. The summed E-state index contributed by atoms with van der Waals surface area (Å²) in [4.78, 5) is 11.0. The van der Waals surface area contributed by atoms with Crippen molar-refractivity contribution in [1.29, 1.82) is 0 Å². The van der Waals surface area contributed by atoms with E-state index in [1.165, 1.54) is 0 Å². The summed E-state index contributed by atoms with van der Waals surface area (Å²) in [6, 6.07) is 0. The Hall–Kier alpha value is -0.620. The fraction of sp³-hybridized carbons (Fsp3) is 0.900. The molecule has 0 saturated carbocycles. The minimum Gasteiger partial charge on any atom is -0.481 e. The van der Waals surface area contributed by atoms with Crippen molar-refractivity contribution >= 4 is 15.8 Å². The lowest BCUT2D eigenvalue weighted by Crippen LogP contribution is -2.26. The third-order valence-corrected chi connectivity index (χ3v) is 4.72. The zero-order valence-electron chi connectivity index (χ0n) is 9.39. The van der Waals surface area contributed by atoms with Crippen LogP contribution in [0.25, 0.3) is 0 Å². The van der Waals surface area contributed by atoms with E-state index in [0.717, 1.165) is 0 Å². The van der Waals surface area contributed by atoms with Crippen LogP contribution in [0.1, 0.15) is 19.8 Å². The first-order valence-electron chi connectivity index (χ1n) is 5.47. The van der Waals surface area contributed by atoms with Gasteiger partial charge in [-0.15, -0.1) is 0 Å². The van der Waals surface area contributed by atoms with E-state index in [-0.39, 0.29) is 17.4 Å². The Balaban J connectivity index is 2.54. The number of carbonyl (C=O) groups is 1. The van der Waals surface area contributed by atoms with Gasteiger partial charge in [-0.05, 0) is 25.7 Å². The topological polar surface area (TPSA) is 80.7 Å². The Morgan fingerprint density at radius 1 is 1.56 bits per heavy atom. The minimum atomic E-state index is -3.01. The number of sulfone groups is 1. The maximum absolute atomic E-state index is 11.3. The number of carboxylic acids is 1. The first kappa shape index (κ1) is 13.4. The standard InChI is InChI=1S/C10H18O5S/c1-2-15-5-3-9(10(11)12)8-4-6-16(13,14)7-8/h8-9H,2-7H2,1H3,(H,11,12). The summed E-state index contributed by atoms with van der Waals surface area (Å²) in [5.41, 5.74) is 0. The van der Waals surface area contributed by atoms with Gasteiger partial charge in [0.05, 0.1) is 17.4 Å². The van der Waals surface area contributed by atoms with Gasteiger partial charge < -0.3 is 9.84 Å². The van der Waals surface area contributed by atoms with E-state index < -0.39 is 21.7 Å². The lowest BCUT2D eigenvalue weighted by Gasteiger charge is -2.17. The van der Waals surface area contributed by atoms with Gasteiger partial charge in [0.1, 0.15) is 0 Å². The third-order valence-electron chi connectivity index (χ3n) is 2.93. The summed E-state index contributed by atoms with van der Waals surface area (Å²) in [6.45, 7) is 2.77. The molecule has 1 fully saturated rings. The van der Waals surface area contributed by atoms with Gasteiger partial charge in [-0.3, -0.25) is 4.79 Å². The van der Waals surface area contributed by atoms with Crippen molar-refractivity contribution in [3.8, 4) is 0 Å². The van der Waals surface area contributed by atoms with Crippen LogP contribution >= 0.6 is 0 Å². The average Bonchev–Trinajstić information content (AvgIpc) is 2.53. The third kappa shape index (κ3) is 3.75. The summed E-state index contributed by atoms with van der Waals surface area (Å²) >= 11 is 0. The molecule has 0 aromatic rings. The molecule has 2 atom stereocenters. The van der Waals surface area contributed by atoms with Crippen LogP contribution < -0.4 is 0 Å². The molecule has 6 heteroatoms. The highest BCUT2D eigenvalue weighted by atomic mass is 32.2. The van der Waals surface area contributed by atoms with Gasteiger partial charge in [0.25, 0.3) is 0 Å². The highest BCUT2D eigenvalue weighted by Gasteiger charge is 2.36. The minimum absolute atomic E-state index is 0.0100. The van der Waals surface area contributed by atoms with Crippen LogP contribution in [-0.4, -0.2) is 44.2 Å². The van der Waals surface area contributed by atoms with Crippen molar-refractivity contribution in [2.75, 3.05) is 24.7 Å². The summed E-state index contributed by atoms with van der Waals surface area (Å²) in [7, 11) is -3.01. The first-order valence-corrected chi connectivity index (χ1v) is 7.29. The van der Waals surface area contributed by atoms with E-state index in [9.17, 15) is 13.2 Å². The number of hydrogen-bond acceptors (Lipinski definition) is 4. The van der Waals surface area contributed by atoms with E-state index in [4.69, 9.17) is 9.84 Å². The molecule has 2 unspecified atom stereocenters. The van der Waals surface area contributed by atoms with Gasteiger partial charge in [0.2, 0.25) is 0 Å². The van der Waals surface area contributed by atoms with E-state index in [1.807, 2.05) is 6.92 Å². The molecular formula is C10H18O5S. The number of carboxylic acid groups (broad SMARTS) is 1. The smallest absolute Gasteiger partial charge is 0.306 e. The van der Waals surface area contributed by atoms with E-state index in [2.05, 4.69) is 0 Å². The zero-order chi connectivity index (χ0) is 12.2. The van der Waals surface area contributed by atoms with Crippen molar-refractivity contribution in [2.45, 2.75) is 19.8 Å². The van der Waals surface area contributed by atoms with Crippen LogP contribution in [0.4, 0.5) is 0 Å². The Morgan fingerprint density at radius 2 is 2.25 bits per heavy atom. The maximum atomic E-state index is 11.3. The van der Waals surface area contributed by atoms with Gasteiger partial charge in [-0.2, -0.15) is 0 Å². The van der Waals surface area contributed by atoms with Crippen LogP contribution in [-0.2, 0) is 19.4 Å². The van der Waals surface area contributed by atoms with Gasteiger partial charge in [-0.25, -0.2) is 8.42 Å². The molecule has 1 aliphatic rings. The SMILES string of the molecule is CCOCCC(C(=O)O)C1CCS(=O)(=O)C1. The van der Waals surface area contributed by atoms with Crippen LogP contribution in [0, 0.1) is 11.8 Å². The van der Waals surface area contributed by atoms with Crippen molar-refractivity contribution in [2.24, 2.45) is 11.8 Å². The molecule has 0 aliphatic carbocycles. The highest BCUT2D eigenvalue weighted by molar-refractivity contribution is 7.91. The molecule has 1 heterocycles. The quantitative estimate of drug-likeness (QED) is 0.696. The zero-order valence-corrected chi connectivity index (χ0v) is 10.2. The number of aliphatic carboxylic acids is 1. The summed E-state index contributed by atoms with van der Waals surface area (Å²) in [6.07, 6.45) is 0.856. The lowest BCUT2D eigenvalue weighted by molar-refractivity contribution is -0.144. The van der Waals surface area contributed by atoms with E-state index >= 15 is 0 Å². The number of hydrogen-bond donors (Lipinski definition) is 1. The number of rotatable bonds is 6. The molecule has 0 radical (unpaired) electrons. The largest absolute Gasteiger partial charge is 0.481 e. The van der Waals surface area contributed by atoms with Crippen LogP contribution in [0.5, 0.6) is 0 Å². The predicted octanol–water partition coefficient (Wildman–Crippen LogP) is 0.549. The van der Waals surface area contributed by atoms with E-state index in [1.54, 1.807) is 0 Å². The molecule has 1 saturated heterocycles. The lowest BCUT2D eigenvalue weighted by atomic mass is 9.89. The fourth-order valence-corrected chi connectivity index (χ4v) is 3.94. The predicted molar refractivity (Wildman–Crippen MR) is 59.0 cm³/mol. The molecule has 94 valence electrons. The Bertz CT molecular complexity index is 335. The second kappa shape index (κ2) is 5.63. The molecule has 16 heavy (non-hydrogen) atoms. The molecular weight excluding hydrogens is 232 g/mol. The Kier molecular flexibility index (Phi) is 4.73. The molecule has 0 bridgehead atoms. The Labute approximate surface area is 95.7 Å². The second-order valence-corrected chi connectivity index (χ2v) is 6.32. The van der Waals surface area contributed by atoms with Crippen molar-refractivity contribution in [1.82, 2.24) is 0 Å². The van der Waals surface area contributed by atoms with Gasteiger partial charge in [-0.1, -0.05) is 0 Å². The van der Waals surface area contributed by atoms with Gasteiger partial charge in [0, 0.05) is 13.2 Å². The Morgan fingerprint density at radius 3 is 2.69 bits per heavy atom. The first-order chi connectivity index (χ1) is 7.46. The molecule has 0 amide bonds. The summed E-state index contributed by atoms with van der Waals surface area (Å²) < 4.78 is 27.7. The molecule has 1 N–H and O–H groups in total. The molecule has 1 rings (SSSR count). The summed E-state index contributed by atoms with van der Waals surface area (Å²) in [5.74, 6) is -1.62. The average molecular weight is 250 g/mol. The van der Waals surface area contributed by atoms with E-state index in [0.29, 0.717) is 26.1 Å². The van der Waals surface area contributed by atoms with Crippen LogP contribution in [0.15, 0.2) is 0 Å². The van der Waals surface area contributed by atoms with Crippen LogP contribution in [0.3, 0.4) is 0 Å². The fourth-order valence-electron chi connectivity index (χ4n) is 2.06. The highest BCUT2D eigenvalue weighted by Crippen LogP contribution is 2.28. The second-order valence-electron chi connectivity index (χ2n) is 4.09. The molecule has 0 aromatic carbocycles. The van der Waals surface area contributed by atoms with Crippen molar-refractivity contribution in [3.63, 3.8) is 0 Å². The van der Waals surface area contributed by atoms with Crippen molar-refractivity contribution in [3.05, 3.63) is 0 Å². The van der Waals surface area contributed by atoms with Gasteiger partial charge in [0.15, 0.2) is 9.84 Å². The monoisotopic (exact) mass is 250 g/mol. The van der Waals surface area contributed by atoms with Crippen LogP contribution in [0.2, 0.25) is 0 Å². The molecule has 0 spiro atoms. The van der Waals surface area contributed by atoms with Crippen molar-refractivity contribution < 1.29 is 23.1 Å².